The number of carbonyl (C=O) groups excluding carboxylic acids is 1. The molecule has 1 amide bonds. The van der Waals surface area contributed by atoms with Gasteiger partial charge in [0.2, 0.25) is 5.91 Å². The normalized spacial score (nSPS) is 11.7. The number of rotatable bonds is 9. The Morgan fingerprint density at radius 1 is 1.33 bits per heavy atom. The lowest BCUT2D eigenvalue weighted by atomic mass is 10.2. The summed E-state index contributed by atoms with van der Waals surface area (Å²) in [4.78, 5) is 11.5. The number of nitrogens with one attached hydrogen (secondary N) is 3. The Morgan fingerprint density at radius 2 is 2.00 bits per heavy atom. The van der Waals surface area contributed by atoms with Gasteiger partial charge in [0.1, 0.15) is 0 Å². The van der Waals surface area contributed by atoms with E-state index in [2.05, 4.69) is 16.0 Å². The van der Waals surface area contributed by atoms with Gasteiger partial charge in [-0.25, -0.2) is 0 Å². The molecule has 0 spiro atoms. The van der Waals surface area contributed by atoms with Crippen LogP contribution in [0.25, 0.3) is 0 Å². The van der Waals surface area contributed by atoms with Gasteiger partial charge >= 0.3 is 0 Å². The summed E-state index contributed by atoms with van der Waals surface area (Å²) >= 11 is 5.07. The Labute approximate surface area is 115 Å². The first-order valence-corrected chi connectivity index (χ1v) is 6.81. The smallest absolute Gasteiger partial charge is 0.221 e. The van der Waals surface area contributed by atoms with Gasteiger partial charge in [-0.15, -0.1) is 0 Å². The van der Waals surface area contributed by atoms with Crippen molar-refractivity contribution >= 4 is 23.2 Å². The van der Waals surface area contributed by atoms with Gasteiger partial charge in [-0.2, -0.15) is 0 Å². The lowest BCUT2D eigenvalue weighted by molar-refractivity contribution is -0.121. The average molecular weight is 275 g/mol. The van der Waals surface area contributed by atoms with Crippen LogP contribution in [0.2, 0.25) is 0 Å². The fourth-order valence-electron chi connectivity index (χ4n) is 1.22. The molecule has 0 aliphatic rings. The summed E-state index contributed by atoms with van der Waals surface area (Å²) in [5.41, 5.74) is 0. The first kappa shape index (κ1) is 17.1. The molecule has 0 rings (SSSR count). The van der Waals surface area contributed by atoms with Crippen LogP contribution in [0, 0.1) is 0 Å². The van der Waals surface area contributed by atoms with Crippen LogP contribution in [0.5, 0.6) is 0 Å². The summed E-state index contributed by atoms with van der Waals surface area (Å²) in [5.74, 6) is 0.0547. The highest BCUT2D eigenvalue weighted by atomic mass is 32.1. The predicted molar refractivity (Wildman–Crippen MR) is 77.6 cm³/mol. The molecule has 0 aliphatic carbocycles. The van der Waals surface area contributed by atoms with Crippen molar-refractivity contribution in [3.8, 4) is 0 Å². The molecule has 0 heterocycles. The molecule has 1 atom stereocenters. The first-order valence-electron chi connectivity index (χ1n) is 6.40. The third kappa shape index (κ3) is 10.3. The van der Waals surface area contributed by atoms with Gasteiger partial charge in [-0.1, -0.05) is 6.92 Å². The lowest BCUT2D eigenvalue weighted by Gasteiger charge is -2.13. The van der Waals surface area contributed by atoms with Crippen molar-refractivity contribution in [2.75, 3.05) is 26.8 Å². The molecule has 0 bridgehead atoms. The molecule has 1 unspecified atom stereocenters. The van der Waals surface area contributed by atoms with E-state index in [9.17, 15) is 4.79 Å². The molecule has 0 radical (unpaired) electrons. The number of methoxy groups -OCH3 is 1. The summed E-state index contributed by atoms with van der Waals surface area (Å²) in [6.45, 7) is 6.08. The molecule has 0 aromatic heterocycles. The maximum Gasteiger partial charge on any atom is 0.221 e. The van der Waals surface area contributed by atoms with Gasteiger partial charge in [0.15, 0.2) is 5.11 Å². The minimum Gasteiger partial charge on any atom is -0.385 e. The fraction of sp³-hybridized carbons (Fsp3) is 0.833. The van der Waals surface area contributed by atoms with Crippen LogP contribution >= 0.6 is 12.2 Å². The maximum atomic E-state index is 11.5. The van der Waals surface area contributed by atoms with Crippen molar-refractivity contribution in [3.05, 3.63) is 0 Å². The van der Waals surface area contributed by atoms with Gasteiger partial charge < -0.3 is 20.7 Å². The van der Waals surface area contributed by atoms with E-state index in [0.717, 1.165) is 19.4 Å². The minimum atomic E-state index is 0.0547. The number of hydrogen-bond acceptors (Lipinski definition) is 3. The van der Waals surface area contributed by atoms with Crippen molar-refractivity contribution in [1.29, 1.82) is 0 Å². The minimum absolute atomic E-state index is 0.0547. The van der Waals surface area contributed by atoms with Gasteiger partial charge in [0.05, 0.1) is 0 Å². The molecule has 5 nitrogen and oxygen atoms in total. The molecule has 0 aliphatic heterocycles. The second kappa shape index (κ2) is 11.2. The van der Waals surface area contributed by atoms with Gasteiger partial charge in [-0.3, -0.25) is 4.79 Å². The quantitative estimate of drug-likeness (QED) is 0.429. The molecular formula is C12H25N3O2S. The molecular weight excluding hydrogens is 250 g/mol. The molecule has 106 valence electrons. The zero-order chi connectivity index (χ0) is 13.8. The summed E-state index contributed by atoms with van der Waals surface area (Å²) in [6.07, 6.45) is 2.29. The average Bonchev–Trinajstić information content (AvgIpc) is 2.34. The largest absolute Gasteiger partial charge is 0.385 e. The Morgan fingerprint density at radius 3 is 2.61 bits per heavy atom. The summed E-state index contributed by atoms with van der Waals surface area (Å²) < 4.78 is 4.93. The number of amides is 1. The Bertz CT molecular complexity index is 249. The van der Waals surface area contributed by atoms with Gasteiger partial charge in [0.25, 0.3) is 0 Å². The maximum absolute atomic E-state index is 11.5. The standard InChI is InChI=1S/C12H25N3O2S/c1-4-10(2)15-11(16)6-8-14-12(18)13-7-5-9-17-3/h10H,4-9H2,1-3H3,(H,15,16)(H2,13,14,18). The van der Waals surface area contributed by atoms with Crippen LogP contribution in [-0.2, 0) is 9.53 Å². The van der Waals surface area contributed by atoms with Crippen molar-refractivity contribution in [2.24, 2.45) is 0 Å². The Kier molecular flexibility index (Phi) is 10.7. The van der Waals surface area contributed by atoms with Gasteiger partial charge in [0, 0.05) is 39.3 Å². The Balaban J connectivity index is 3.47. The third-order valence-electron chi connectivity index (χ3n) is 2.47. The van der Waals surface area contributed by atoms with Crippen LogP contribution in [0.15, 0.2) is 0 Å². The summed E-state index contributed by atoms with van der Waals surface area (Å²) in [7, 11) is 1.67. The molecule has 3 N–H and O–H groups in total. The van der Waals surface area contributed by atoms with Crippen LogP contribution in [-0.4, -0.2) is 43.9 Å². The molecule has 0 fully saturated rings. The SMILES string of the molecule is CCC(C)NC(=O)CCNC(=S)NCCCOC. The number of ether oxygens (including phenoxy) is 1. The van der Waals surface area contributed by atoms with Crippen LogP contribution in [0.4, 0.5) is 0 Å². The van der Waals surface area contributed by atoms with E-state index in [1.165, 1.54) is 0 Å². The van der Waals surface area contributed by atoms with Crippen molar-refractivity contribution < 1.29 is 9.53 Å². The summed E-state index contributed by atoms with van der Waals surface area (Å²) in [6, 6.07) is 0.233. The molecule has 0 saturated heterocycles. The number of hydrogen-bond donors (Lipinski definition) is 3. The second-order valence-electron chi connectivity index (χ2n) is 4.16. The monoisotopic (exact) mass is 275 g/mol. The molecule has 6 heteroatoms. The summed E-state index contributed by atoms with van der Waals surface area (Å²) in [5, 5.41) is 9.54. The van der Waals surface area contributed by atoms with Crippen LogP contribution in [0.3, 0.4) is 0 Å². The fourth-order valence-corrected chi connectivity index (χ4v) is 1.42. The highest BCUT2D eigenvalue weighted by molar-refractivity contribution is 7.80. The molecule has 0 aromatic carbocycles. The van der Waals surface area contributed by atoms with E-state index >= 15 is 0 Å². The zero-order valence-corrected chi connectivity index (χ0v) is 12.4. The van der Waals surface area contributed by atoms with Crippen molar-refractivity contribution in [1.82, 2.24) is 16.0 Å². The Hall–Kier alpha value is -0.880. The van der Waals surface area contributed by atoms with E-state index in [1.54, 1.807) is 7.11 Å². The van der Waals surface area contributed by atoms with E-state index in [-0.39, 0.29) is 11.9 Å². The van der Waals surface area contributed by atoms with E-state index in [0.29, 0.717) is 24.7 Å². The first-order chi connectivity index (χ1) is 8.60. The molecule has 0 saturated carbocycles. The predicted octanol–water partition coefficient (Wildman–Crippen LogP) is 0.792. The number of thiocarbonyl (C=S) groups is 1. The molecule has 18 heavy (non-hydrogen) atoms. The number of carbonyl (C=O) groups is 1. The van der Waals surface area contributed by atoms with E-state index < -0.39 is 0 Å². The molecule has 0 aromatic rings. The lowest BCUT2D eigenvalue weighted by Crippen LogP contribution is -2.39. The van der Waals surface area contributed by atoms with E-state index in [4.69, 9.17) is 17.0 Å². The third-order valence-corrected chi connectivity index (χ3v) is 2.76. The van der Waals surface area contributed by atoms with Gasteiger partial charge in [-0.05, 0) is 32.0 Å². The highest BCUT2D eigenvalue weighted by Crippen LogP contribution is 1.89. The zero-order valence-electron chi connectivity index (χ0n) is 11.5. The highest BCUT2D eigenvalue weighted by Gasteiger charge is 2.05. The van der Waals surface area contributed by atoms with Crippen LogP contribution < -0.4 is 16.0 Å². The van der Waals surface area contributed by atoms with E-state index in [1.807, 2.05) is 13.8 Å². The van der Waals surface area contributed by atoms with Crippen LogP contribution in [0.1, 0.15) is 33.1 Å². The second-order valence-corrected chi connectivity index (χ2v) is 4.56. The topological polar surface area (TPSA) is 62.4 Å². The van der Waals surface area contributed by atoms with Crippen molar-refractivity contribution in [2.45, 2.75) is 39.2 Å². The van der Waals surface area contributed by atoms with Crippen molar-refractivity contribution in [3.63, 3.8) is 0 Å².